The smallest absolute Gasteiger partial charge is 0.324 e. The van der Waals surface area contributed by atoms with Gasteiger partial charge in [-0.15, -0.1) is 0 Å². The number of methoxy groups -OCH3 is 2. The van der Waals surface area contributed by atoms with E-state index in [0.29, 0.717) is 12.3 Å². The SMILES string of the molecule is C=C1[C@H]2C=C[C@H](C2)[C@@]12CC2(C(=O)OC)C(=O)OC. The summed E-state index contributed by atoms with van der Waals surface area (Å²) in [4.78, 5) is 24.2. The van der Waals surface area contributed by atoms with E-state index >= 15 is 0 Å². The first-order valence-corrected chi connectivity index (χ1v) is 6.09. The van der Waals surface area contributed by atoms with E-state index in [2.05, 4.69) is 18.7 Å². The molecule has 0 amide bonds. The van der Waals surface area contributed by atoms with E-state index in [0.717, 1.165) is 12.0 Å². The number of carbonyl (C=O) groups excluding carboxylic acids is 2. The molecular formula is C14H16O4. The van der Waals surface area contributed by atoms with Crippen molar-refractivity contribution in [1.29, 1.82) is 0 Å². The molecule has 2 saturated carbocycles. The summed E-state index contributed by atoms with van der Waals surface area (Å²) in [5, 5.41) is 0. The molecule has 0 aromatic heterocycles. The lowest BCUT2D eigenvalue weighted by Crippen LogP contribution is -2.36. The molecule has 2 bridgehead atoms. The first kappa shape index (κ1) is 11.5. The van der Waals surface area contributed by atoms with Gasteiger partial charge in [0, 0.05) is 5.41 Å². The lowest BCUT2D eigenvalue weighted by atomic mass is 9.78. The van der Waals surface area contributed by atoms with Crippen LogP contribution in [0.2, 0.25) is 0 Å². The third-order valence-electron chi connectivity index (χ3n) is 4.99. The molecule has 4 heteroatoms. The molecule has 3 atom stereocenters. The Balaban J connectivity index is 2.07. The van der Waals surface area contributed by atoms with Gasteiger partial charge in [-0.25, -0.2) is 0 Å². The zero-order valence-electron chi connectivity index (χ0n) is 10.6. The molecule has 0 radical (unpaired) electrons. The van der Waals surface area contributed by atoms with E-state index in [1.807, 2.05) is 0 Å². The Morgan fingerprint density at radius 2 is 1.89 bits per heavy atom. The van der Waals surface area contributed by atoms with Gasteiger partial charge in [0.05, 0.1) is 14.2 Å². The number of carbonyl (C=O) groups is 2. The number of esters is 2. The third-order valence-corrected chi connectivity index (χ3v) is 4.99. The molecule has 0 unspecified atom stereocenters. The predicted molar refractivity (Wildman–Crippen MR) is 63.4 cm³/mol. The molecular weight excluding hydrogens is 232 g/mol. The highest BCUT2D eigenvalue weighted by Crippen LogP contribution is 2.79. The molecule has 0 N–H and O–H groups in total. The van der Waals surface area contributed by atoms with Crippen LogP contribution in [0.4, 0.5) is 0 Å². The van der Waals surface area contributed by atoms with Crippen molar-refractivity contribution < 1.29 is 19.1 Å². The Labute approximate surface area is 106 Å². The van der Waals surface area contributed by atoms with Gasteiger partial charge in [-0.1, -0.05) is 24.3 Å². The molecule has 4 nitrogen and oxygen atoms in total. The topological polar surface area (TPSA) is 52.6 Å². The van der Waals surface area contributed by atoms with E-state index < -0.39 is 22.8 Å². The number of hydrogen-bond acceptors (Lipinski definition) is 4. The van der Waals surface area contributed by atoms with E-state index in [-0.39, 0.29) is 5.92 Å². The van der Waals surface area contributed by atoms with Gasteiger partial charge in [0.2, 0.25) is 0 Å². The van der Waals surface area contributed by atoms with Crippen molar-refractivity contribution in [2.45, 2.75) is 12.8 Å². The van der Waals surface area contributed by atoms with Crippen molar-refractivity contribution in [3.8, 4) is 0 Å². The van der Waals surface area contributed by atoms with Crippen molar-refractivity contribution in [1.82, 2.24) is 0 Å². The van der Waals surface area contributed by atoms with Crippen molar-refractivity contribution in [3.63, 3.8) is 0 Å². The van der Waals surface area contributed by atoms with E-state index in [1.54, 1.807) is 0 Å². The first-order chi connectivity index (χ1) is 8.54. The van der Waals surface area contributed by atoms with Crippen molar-refractivity contribution in [2.24, 2.45) is 22.7 Å². The standard InChI is InChI=1S/C14H16O4/c1-8-9-4-5-10(6-9)13(8)7-14(13,11(15)17-2)12(16)18-3/h4-5,9-10H,1,6-7H2,2-3H3/t9-,10+,13+/m0/s1. The average molecular weight is 248 g/mol. The molecule has 96 valence electrons. The van der Waals surface area contributed by atoms with Gasteiger partial charge in [0.1, 0.15) is 0 Å². The van der Waals surface area contributed by atoms with Gasteiger partial charge in [-0.2, -0.15) is 0 Å². The maximum absolute atomic E-state index is 12.1. The van der Waals surface area contributed by atoms with E-state index in [9.17, 15) is 9.59 Å². The van der Waals surface area contributed by atoms with Crippen LogP contribution in [0.3, 0.4) is 0 Å². The minimum atomic E-state index is -1.16. The maximum atomic E-state index is 12.1. The fourth-order valence-electron chi connectivity index (χ4n) is 4.04. The van der Waals surface area contributed by atoms with Crippen LogP contribution in [0.1, 0.15) is 12.8 Å². The van der Waals surface area contributed by atoms with Gasteiger partial charge >= 0.3 is 11.9 Å². The minimum absolute atomic E-state index is 0.216. The lowest BCUT2D eigenvalue weighted by molar-refractivity contribution is -0.163. The van der Waals surface area contributed by atoms with Crippen LogP contribution in [-0.4, -0.2) is 26.2 Å². The van der Waals surface area contributed by atoms with Crippen LogP contribution < -0.4 is 0 Å². The highest BCUT2D eigenvalue weighted by atomic mass is 16.5. The molecule has 0 aliphatic heterocycles. The van der Waals surface area contributed by atoms with Crippen LogP contribution in [0.25, 0.3) is 0 Å². The lowest BCUT2D eigenvalue weighted by Gasteiger charge is -2.25. The number of allylic oxidation sites excluding steroid dienone is 3. The summed E-state index contributed by atoms with van der Waals surface area (Å²) in [6, 6.07) is 0. The Hall–Kier alpha value is -1.58. The van der Waals surface area contributed by atoms with Crippen LogP contribution in [0.5, 0.6) is 0 Å². The maximum Gasteiger partial charge on any atom is 0.324 e. The largest absolute Gasteiger partial charge is 0.468 e. The summed E-state index contributed by atoms with van der Waals surface area (Å²) in [6.45, 7) is 4.11. The number of ether oxygens (including phenoxy) is 2. The zero-order valence-corrected chi connectivity index (χ0v) is 10.6. The van der Waals surface area contributed by atoms with Crippen molar-refractivity contribution >= 4 is 11.9 Å². The first-order valence-electron chi connectivity index (χ1n) is 6.09. The quantitative estimate of drug-likeness (QED) is 0.422. The molecule has 3 aliphatic rings. The van der Waals surface area contributed by atoms with Crippen LogP contribution >= 0.6 is 0 Å². The summed E-state index contributed by atoms with van der Waals surface area (Å²) in [7, 11) is 2.62. The van der Waals surface area contributed by atoms with Crippen molar-refractivity contribution in [3.05, 3.63) is 24.3 Å². The van der Waals surface area contributed by atoms with Crippen LogP contribution in [0, 0.1) is 22.7 Å². The summed E-state index contributed by atoms with van der Waals surface area (Å²) >= 11 is 0. The van der Waals surface area contributed by atoms with Crippen molar-refractivity contribution in [2.75, 3.05) is 14.2 Å². The Morgan fingerprint density at radius 1 is 1.28 bits per heavy atom. The highest BCUT2D eigenvalue weighted by molar-refractivity contribution is 6.06. The van der Waals surface area contributed by atoms with Crippen LogP contribution in [0.15, 0.2) is 24.3 Å². The summed E-state index contributed by atoms with van der Waals surface area (Å²) in [5.74, 6) is -0.465. The second-order valence-electron chi connectivity index (χ2n) is 5.40. The highest BCUT2D eigenvalue weighted by Gasteiger charge is 2.83. The van der Waals surface area contributed by atoms with E-state index in [4.69, 9.17) is 9.47 Å². The Bertz CT molecular complexity index is 474. The van der Waals surface area contributed by atoms with Gasteiger partial charge < -0.3 is 9.47 Å². The minimum Gasteiger partial charge on any atom is -0.468 e. The monoisotopic (exact) mass is 248 g/mol. The summed E-state index contributed by atoms with van der Waals surface area (Å²) in [6.07, 6.45) is 5.65. The number of rotatable bonds is 2. The molecule has 18 heavy (non-hydrogen) atoms. The van der Waals surface area contributed by atoms with Gasteiger partial charge in [-0.05, 0) is 24.7 Å². The number of fused-ring (bicyclic) bond motifs is 3. The summed E-state index contributed by atoms with van der Waals surface area (Å²) < 4.78 is 9.68. The second kappa shape index (κ2) is 3.25. The molecule has 1 spiro atoms. The van der Waals surface area contributed by atoms with Gasteiger partial charge in [0.25, 0.3) is 0 Å². The fourth-order valence-corrected chi connectivity index (χ4v) is 4.04. The Morgan fingerprint density at radius 3 is 2.33 bits per heavy atom. The molecule has 0 aromatic rings. The summed E-state index contributed by atoms with van der Waals surface area (Å²) in [5.41, 5.74) is -0.615. The number of hydrogen-bond donors (Lipinski definition) is 0. The Kier molecular flexibility index (Phi) is 2.08. The van der Waals surface area contributed by atoms with E-state index in [1.165, 1.54) is 14.2 Å². The zero-order chi connectivity index (χ0) is 13.1. The fraction of sp³-hybridized carbons (Fsp3) is 0.571. The molecule has 0 saturated heterocycles. The molecule has 3 aliphatic carbocycles. The van der Waals surface area contributed by atoms with Crippen LogP contribution in [-0.2, 0) is 19.1 Å². The predicted octanol–water partition coefficient (Wildman–Crippen LogP) is 1.47. The third kappa shape index (κ3) is 0.945. The normalized spacial score (nSPS) is 38.0. The second-order valence-corrected chi connectivity index (χ2v) is 5.40. The average Bonchev–Trinajstić information content (AvgIpc) is 2.73. The van der Waals surface area contributed by atoms with Gasteiger partial charge in [-0.3, -0.25) is 9.59 Å². The molecule has 0 heterocycles. The molecule has 3 rings (SSSR count). The molecule has 0 aromatic carbocycles. The van der Waals surface area contributed by atoms with Gasteiger partial charge in [0.15, 0.2) is 5.41 Å². The molecule has 2 fully saturated rings.